The van der Waals surface area contributed by atoms with Crippen LogP contribution in [-0.4, -0.2) is 44.5 Å². The van der Waals surface area contributed by atoms with Crippen molar-refractivity contribution in [3.05, 3.63) is 29.6 Å². The Labute approximate surface area is 215 Å². The van der Waals surface area contributed by atoms with E-state index in [0.29, 0.717) is 23.2 Å². The Morgan fingerprint density at radius 3 is 2.31 bits per heavy atom. The molecule has 0 aliphatic heterocycles. The van der Waals surface area contributed by atoms with Gasteiger partial charge < -0.3 is 20.1 Å². The van der Waals surface area contributed by atoms with E-state index in [0.717, 1.165) is 19.9 Å². The molecule has 0 bridgehead atoms. The highest BCUT2D eigenvalue weighted by Crippen LogP contribution is 2.44. The van der Waals surface area contributed by atoms with Crippen LogP contribution in [0.5, 0.6) is 0 Å². The lowest BCUT2D eigenvalue weighted by molar-refractivity contribution is -0.215. The van der Waals surface area contributed by atoms with Gasteiger partial charge in [-0.15, -0.1) is 0 Å². The van der Waals surface area contributed by atoms with Crippen molar-refractivity contribution >= 4 is 30.1 Å². The smallest absolute Gasteiger partial charge is 0.375 e. The third-order valence-electron chi connectivity index (χ3n) is 5.96. The number of alkyl halides is 3. The van der Waals surface area contributed by atoms with Crippen LogP contribution in [0, 0.1) is 5.41 Å². The van der Waals surface area contributed by atoms with E-state index in [9.17, 15) is 22.5 Å². The molecular weight excluding hydrogens is 509 g/mol. The number of aromatic nitrogens is 2. The first-order chi connectivity index (χ1) is 16.2. The summed E-state index contributed by atoms with van der Waals surface area (Å²) in [6.45, 7) is 14.8. The summed E-state index contributed by atoms with van der Waals surface area (Å²) >= 11 is 0. The van der Waals surface area contributed by atoms with Gasteiger partial charge in [0.05, 0.1) is 38.2 Å². The first-order valence-corrected chi connectivity index (χ1v) is 16.8. The van der Waals surface area contributed by atoms with Crippen molar-refractivity contribution in [3.8, 4) is 0 Å². The Morgan fingerprint density at radius 1 is 1.19 bits per heavy atom. The predicted octanol–water partition coefficient (Wildman–Crippen LogP) is 5.37. The molecule has 12 heteroatoms. The summed E-state index contributed by atoms with van der Waals surface area (Å²) in [6.07, 6.45) is -6.08. The lowest BCUT2D eigenvalue weighted by atomic mass is 9.85. The van der Waals surface area contributed by atoms with Crippen molar-refractivity contribution in [2.24, 2.45) is 11.1 Å². The minimum atomic E-state index is -4.47. The van der Waals surface area contributed by atoms with Crippen molar-refractivity contribution in [2.45, 2.75) is 96.6 Å². The molecule has 0 amide bonds. The summed E-state index contributed by atoms with van der Waals surface area (Å²) in [4.78, 5) is 4.65. The van der Waals surface area contributed by atoms with Gasteiger partial charge in [0.2, 0.25) is 0 Å². The van der Waals surface area contributed by atoms with Crippen LogP contribution in [0.2, 0.25) is 25.7 Å². The Hall–Kier alpha value is -1.31. The molecule has 0 saturated carbocycles. The second kappa shape index (κ2) is 11.2. The molecule has 4 N–H and O–H groups in total. The van der Waals surface area contributed by atoms with Crippen molar-refractivity contribution in [2.75, 3.05) is 6.61 Å². The number of aliphatic hydroxyl groups is 1. The van der Waals surface area contributed by atoms with Crippen molar-refractivity contribution < 1.29 is 27.2 Å². The maximum Gasteiger partial charge on any atom is 0.394 e. The normalized spacial score (nSPS) is 16.4. The van der Waals surface area contributed by atoms with E-state index in [2.05, 4.69) is 29.3 Å². The molecule has 1 aromatic heterocycles. The summed E-state index contributed by atoms with van der Waals surface area (Å²) in [5.41, 5.74) is 5.05. The number of benzene rings is 1. The lowest BCUT2D eigenvalue weighted by Gasteiger charge is -2.33. The molecule has 36 heavy (non-hydrogen) atoms. The van der Waals surface area contributed by atoms with E-state index in [1.165, 1.54) is 0 Å². The van der Waals surface area contributed by atoms with Gasteiger partial charge in [-0.1, -0.05) is 39.6 Å². The first kappa shape index (κ1) is 30.9. The molecule has 0 spiro atoms. The molecule has 0 unspecified atom stereocenters. The van der Waals surface area contributed by atoms with Gasteiger partial charge in [0.15, 0.2) is 0 Å². The zero-order valence-electron chi connectivity index (χ0n) is 22.5. The van der Waals surface area contributed by atoms with Crippen LogP contribution in [0.25, 0.3) is 11.0 Å². The quantitative estimate of drug-likeness (QED) is 0.198. The third-order valence-corrected chi connectivity index (χ3v) is 9.27. The fourth-order valence-corrected chi connectivity index (χ4v) is 4.96. The largest absolute Gasteiger partial charge is 0.394 e. The van der Waals surface area contributed by atoms with Crippen LogP contribution in [0.3, 0.4) is 0 Å². The third kappa shape index (κ3) is 8.09. The number of nitrogens with zero attached hydrogens (tertiary/aromatic N) is 2. The van der Waals surface area contributed by atoms with Crippen LogP contribution in [0.15, 0.2) is 18.2 Å². The minimum absolute atomic E-state index is 0.0770. The summed E-state index contributed by atoms with van der Waals surface area (Å²) in [6, 6.07) is 4.91. The predicted molar refractivity (Wildman–Crippen MR) is 141 cm³/mol. The van der Waals surface area contributed by atoms with E-state index in [1.807, 2.05) is 0 Å². The van der Waals surface area contributed by atoms with E-state index >= 15 is 0 Å². The van der Waals surface area contributed by atoms with Gasteiger partial charge in [-0.05, 0) is 50.9 Å². The number of halogens is 3. The average Bonchev–Trinajstić information content (AvgIpc) is 3.05. The summed E-state index contributed by atoms with van der Waals surface area (Å²) in [7, 11) is -3.01. The molecule has 1 aromatic carbocycles. The molecule has 0 aliphatic rings. The number of rotatable bonds is 11. The summed E-state index contributed by atoms with van der Waals surface area (Å²) in [5, 5.41) is 9.81. The highest BCUT2D eigenvalue weighted by Gasteiger charge is 2.49. The monoisotopic (exact) mass is 550 g/mol. The fraction of sp³-hybridized carbons (Fsp3) is 0.708. The Balaban J connectivity index is 2.60. The average molecular weight is 551 g/mol. The van der Waals surface area contributed by atoms with Gasteiger partial charge in [-0.2, -0.15) is 13.2 Å². The van der Waals surface area contributed by atoms with E-state index in [-0.39, 0.29) is 19.0 Å². The van der Waals surface area contributed by atoms with Crippen LogP contribution >= 0.6 is 0 Å². The number of ether oxygens (including phenoxy) is 1. The zero-order valence-corrected chi connectivity index (χ0v) is 24.3. The SMILES string of the molecule is CC(C)(C)[S@@](=O)N[C@@H](CC(C)(C)C(F)(F)F)c1nc2cc([C@H](N)O)ccc2n1COCC[Si](C)(C)C. The number of aliphatic hydroxyl groups excluding tert-OH is 1. The summed E-state index contributed by atoms with van der Waals surface area (Å²) in [5.74, 6) is 0.289. The standard InChI is InChI=1S/C24H41F3N4O3SSi/c1-22(2,3)35(33)30-18(14-23(4,5)24(25,26)27)21-29-17-13-16(20(28)32)9-10-19(17)31(21)15-34-11-12-36(6,7)8/h9-10,13,18,20,30,32H,11-12,14-15,28H2,1-8H3/t18-,20+,35+/m0/s1. The fourth-order valence-electron chi connectivity index (χ4n) is 3.40. The molecule has 0 fully saturated rings. The number of imidazole rings is 1. The summed E-state index contributed by atoms with van der Waals surface area (Å²) < 4.78 is 64.6. The second-order valence-electron chi connectivity index (χ2n) is 12.1. The van der Waals surface area contributed by atoms with E-state index in [1.54, 1.807) is 43.5 Å². The molecule has 0 radical (unpaired) electrons. The Morgan fingerprint density at radius 2 is 1.81 bits per heavy atom. The van der Waals surface area contributed by atoms with E-state index in [4.69, 9.17) is 10.5 Å². The molecule has 0 aliphatic carbocycles. The maximum atomic E-state index is 13.9. The number of hydrogen-bond donors (Lipinski definition) is 3. The molecule has 0 saturated heterocycles. The molecule has 7 nitrogen and oxygen atoms in total. The second-order valence-corrected chi connectivity index (χ2v) is 19.7. The molecule has 1 heterocycles. The maximum absolute atomic E-state index is 13.9. The number of fused-ring (bicyclic) bond motifs is 1. The van der Waals surface area contributed by atoms with Gasteiger partial charge in [0, 0.05) is 14.7 Å². The van der Waals surface area contributed by atoms with Gasteiger partial charge in [0.1, 0.15) is 18.8 Å². The first-order valence-electron chi connectivity index (χ1n) is 12.0. The lowest BCUT2D eigenvalue weighted by Crippen LogP contribution is -2.41. The highest BCUT2D eigenvalue weighted by atomic mass is 32.2. The van der Waals surface area contributed by atoms with Crippen LogP contribution in [-0.2, 0) is 22.5 Å². The Kier molecular flexibility index (Phi) is 9.62. The van der Waals surface area contributed by atoms with Crippen LogP contribution in [0.1, 0.15) is 64.7 Å². The molecular formula is C24H41F3N4O3SSi. The van der Waals surface area contributed by atoms with Crippen LogP contribution < -0.4 is 10.5 Å². The van der Waals surface area contributed by atoms with Crippen molar-refractivity contribution in [3.63, 3.8) is 0 Å². The molecule has 2 rings (SSSR count). The zero-order chi connectivity index (χ0) is 27.7. The highest BCUT2D eigenvalue weighted by molar-refractivity contribution is 7.84. The van der Waals surface area contributed by atoms with Gasteiger partial charge in [-0.3, -0.25) is 0 Å². The number of hydrogen-bond acceptors (Lipinski definition) is 5. The molecule has 2 aromatic rings. The van der Waals surface area contributed by atoms with E-state index < -0.39 is 47.7 Å². The topological polar surface area (TPSA) is 102 Å². The minimum Gasteiger partial charge on any atom is -0.375 e. The van der Waals surface area contributed by atoms with Crippen molar-refractivity contribution in [1.29, 1.82) is 0 Å². The molecule has 206 valence electrons. The number of nitrogens with one attached hydrogen (secondary N) is 1. The van der Waals surface area contributed by atoms with Crippen molar-refractivity contribution in [1.82, 2.24) is 14.3 Å². The van der Waals surface area contributed by atoms with Gasteiger partial charge in [-0.25, -0.2) is 13.9 Å². The Bertz CT molecular complexity index is 1060. The molecule has 3 atom stereocenters. The van der Waals surface area contributed by atoms with Gasteiger partial charge in [0.25, 0.3) is 0 Å². The van der Waals surface area contributed by atoms with Gasteiger partial charge >= 0.3 is 6.18 Å². The van der Waals surface area contributed by atoms with Crippen LogP contribution in [0.4, 0.5) is 13.2 Å². The number of nitrogens with two attached hydrogens (primary N) is 1.